The molecule has 1 rings (SSSR count). The Morgan fingerprint density at radius 3 is 2.62 bits per heavy atom. The molecule has 0 heterocycles. The fraction of sp³-hybridized carbons (Fsp3) is 0.333. The van der Waals surface area contributed by atoms with Gasteiger partial charge in [0.15, 0.2) is 6.10 Å². The Morgan fingerprint density at radius 2 is 2.10 bits per heavy atom. The number of benzene rings is 1. The van der Waals surface area contributed by atoms with Crippen LogP contribution in [0.15, 0.2) is 27.6 Å². The smallest absolute Gasteiger partial charge is 0.340 e. The van der Waals surface area contributed by atoms with Crippen molar-refractivity contribution in [2.75, 3.05) is 14.2 Å². The molecule has 9 heteroatoms. The summed E-state index contributed by atoms with van der Waals surface area (Å²) >= 11 is 3.14. The Hall–Kier alpha value is -1.47. The number of hydrogen-bond donors (Lipinski definition) is 0. The zero-order valence-corrected chi connectivity index (χ0v) is 13.9. The van der Waals surface area contributed by atoms with Crippen LogP contribution in [-0.4, -0.2) is 39.1 Å². The van der Waals surface area contributed by atoms with E-state index in [0.29, 0.717) is 8.94 Å². The highest BCUT2D eigenvalue weighted by Crippen LogP contribution is 2.24. The van der Waals surface area contributed by atoms with Crippen molar-refractivity contribution in [3.63, 3.8) is 0 Å². The first-order valence-electron chi connectivity index (χ1n) is 5.67. The topological polar surface area (TPSA) is 96.7 Å². The summed E-state index contributed by atoms with van der Waals surface area (Å²) in [7, 11) is -1.44. The number of hydroxylamine groups is 1. The van der Waals surface area contributed by atoms with Crippen molar-refractivity contribution in [3.05, 3.63) is 28.2 Å². The van der Waals surface area contributed by atoms with E-state index >= 15 is 0 Å². The summed E-state index contributed by atoms with van der Waals surface area (Å²) < 4.78 is 30.1. The minimum atomic E-state index is -3.88. The molecule has 0 fully saturated rings. The first-order chi connectivity index (χ1) is 9.73. The van der Waals surface area contributed by atoms with Gasteiger partial charge in [-0.25, -0.2) is 13.2 Å². The van der Waals surface area contributed by atoms with Gasteiger partial charge in [-0.05, 0) is 41.1 Å². The lowest BCUT2D eigenvalue weighted by molar-refractivity contribution is -0.0258. The summed E-state index contributed by atoms with van der Waals surface area (Å²) in [5.41, 5.74) is 0.00248. The Morgan fingerprint density at radius 1 is 1.48 bits per heavy atom. The van der Waals surface area contributed by atoms with Crippen molar-refractivity contribution in [1.82, 2.24) is 4.47 Å². The Balaban J connectivity index is 3.24. The van der Waals surface area contributed by atoms with Gasteiger partial charge in [0.1, 0.15) is 6.07 Å². The first-order valence-corrected chi connectivity index (χ1v) is 7.90. The standard InChI is InChI=1S/C12H13BrN2O5S/c1-8(7-14)20-12(16)10-6-9(4-5-11(10)13)21(17,18)15(2)19-3/h4-6,8H,1-3H3/t8-/m0/s1. The van der Waals surface area contributed by atoms with Gasteiger partial charge in [0, 0.05) is 11.5 Å². The fourth-order valence-corrected chi connectivity index (χ4v) is 2.73. The van der Waals surface area contributed by atoms with Crippen molar-refractivity contribution in [2.45, 2.75) is 17.9 Å². The molecule has 7 nitrogen and oxygen atoms in total. The molecule has 1 atom stereocenters. The number of hydrogen-bond acceptors (Lipinski definition) is 6. The molecule has 0 aliphatic heterocycles. The van der Waals surface area contributed by atoms with E-state index in [1.165, 1.54) is 33.2 Å². The number of carbonyl (C=O) groups excluding carboxylic acids is 1. The molecule has 114 valence electrons. The number of rotatable bonds is 5. The van der Waals surface area contributed by atoms with Crippen LogP contribution >= 0.6 is 15.9 Å². The molecule has 0 bridgehead atoms. The number of carbonyl (C=O) groups is 1. The molecule has 0 aromatic heterocycles. The number of halogens is 1. The molecule has 0 unspecified atom stereocenters. The van der Waals surface area contributed by atoms with Crippen LogP contribution in [0.25, 0.3) is 0 Å². The summed E-state index contributed by atoms with van der Waals surface area (Å²) in [6.07, 6.45) is -0.939. The largest absolute Gasteiger partial charge is 0.444 e. The van der Waals surface area contributed by atoms with Crippen molar-refractivity contribution < 1.29 is 22.8 Å². The van der Waals surface area contributed by atoms with E-state index in [4.69, 9.17) is 10.00 Å². The molecule has 0 radical (unpaired) electrons. The van der Waals surface area contributed by atoms with Gasteiger partial charge in [0.05, 0.1) is 17.6 Å². The van der Waals surface area contributed by atoms with E-state index in [1.807, 2.05) is 0 Å². The predicted octanol–water partition coefficient (Wildman–Crippen LogP) is 1.70. The van der Waals surface area contributed by atoms with Crippen molar-refractivity contribution in [3.8, 4) is 6.07 Å². The lowest BCUT2D eigenvalue weighted by atomic mass is 10.2. The summed E-state index contributed by atoms with van der Waals surface area (Å²) in [5.74, 6) is -0.798. The maximum absolute atomic E-state index is 12.1. The minimum absolute atomic E-state index is 0.00248. The molecule has 0 N–H and O–H groups in total. The SMILES string of the molecule is CON(C)S(=O)(=O)c1ccc(Br)c(C(=O)O[C@@H](C)C#N)c1. The lowest BCUT2D eigenvalue weighted by Crippen LogP contribution is -2.26. The van der Waals surface area contributed by atoms with Gasteiger partial charge in [0.2, 0.25) is 0 Å². The quantitative estimate of drug-likeness (QED) is 0.572. The monoisotopic (exact) mass is 376 g/mol. The maximum Gasteiger partial charge on any atom is 0.340 e. The van der Waals surface area contributed by atoms with Gasteiger partial charge in [-0.1, -0.05) is 4.47 Å². The summed E-state index contributed by atoms with van der Waals surface area (Å²) in [5, 5.41) is 8.63. The molecular weight excluding hydrogens is 364 g/mol. The third-order valence-electron chi connectivity index (χ3n) is 2.52. The van der Waals surface area contributed by atoms with Gasteiger partial charge in [-0.3, -0.25) is 4.84 Å². The van der Waals surface area contributed by atoms with Crippen LogP contribution in [0.1, 0.15) is 17.3 Å². The van der Waals surface area contributed by atoms with Crippen LogP contribution in [-0.2, 0) is 19.6 Å². The number of nitrogens with zero attached hydrogens (tertiary/aromatic N) is 2. The maximum atomic E-state index is 12.1. The molecule has 0 saturated heterocycles. The molecule has 1 aromatic rings. The molecule has 0 amide bonds. The lowest BCUT2D eigenvalue weighted by Gasteiger charge is -2.15. The molecule has 0 aliphatic rings. The van der Waals surface area contributed by atoms with Crippen LogP contribution in [0, 0.1) is 11.3 Å². The van der Waals surface area contributed by atoms with Crippen LogP contribution < -0.4 is 0 Å². The highest BCUT2D eigenvalue weighted by molar-refractivity contribution is 9.10. The first kappa shape index (κ1) is 17.6. The average Bonchev–Trinajstić information content (AvgIpc) is 2.46. The van der Waals surface area contributed by atoms with Crippen LogP contribution in [0.4, 0.5) is 0 Å². The van der Waals surface area contributed by atoms with E-state index in [2.05, 4.69) is 20.8 Å². The fourth-order valence-electron chi connectivity index (χ4n) is 1.32. The summed E-state index contributed by atoms with van der Waals surface area (Å²) in [6, 6.07) is 5.63. The van der Waals surface area contributed by atoms with E-state index in [1.54, 1.807) is 6.07 Å². The predicted molar refractivity (Wildman–Crippen MR) is 76.6 cm³/mol. The summed E-state index contributed by atoms with van der Waals surface area (Å²) in [6.45, 7) is 1.41. The van der Waals surface area contributed by atoms with Gasteiger partial charge in [-0.15, -0.1) is 0 Å². The molecular formula is C12H13BrN2O5S. The second kappa shape index (κ2) is 7.00. The molecule has 1 aromatic carbocycles. The normalized spacial score (nSPS) is 12.8. The van der Waals surface area contributed by atoms with Crippen molar-refractivity contribution >= 4 is 31.9 Å². The van der Waals surface area contributed by atoms with E-state index in [-0.39, 0.29) is 10.5 Å². The van der Waals surface area contributed by atoms with E-state index in [0.717, 1.165) is 6.07 Å². The van der Waals surface area contributed by atoms with Crippen LogP contribution in [0.2, 0.25) is 0 Å². The Kier molecular flexibility index (Phi) is 5.86. The third kappa shape index (κ3) is 4.01. The summed E-state index contributed by atoms with van der Waals surface area (Å²) in [4.78, 5) is 16.4. The zero-order chi connectivity index (χ0) is 16.2. The molecule has 21 heavy (non-hydrogen) atoms. The number of sulfonamides is 1. The van der Waals surface area contributed by atoms with Crippen LogP contribution in [0.5, 0.6) is 0 Å². The van der Waals surface area contributed by atoms with Crippen molar-refractivity contribution in [1.29, 1.82) is 5.26 Å². The number of nitriles is 1. The Labute approximate surface area is 131 Å². The minimum Gasteiger partial charge on any atom is -0.444 e. The van der Waals surface area contributed by atoms with Gasteiger partial charge >= 0.3 is 5.97 Å². The average molecular weight is 377 g/mol. The van der Waals surface area contributed by atoms with Gasteiger partial charge in [0.25, 0.3) is 10.0 Å². The highest BCUT2D eigenvalue weighted by atomic mass is 79.9. The zero-order valence-electron chi connectivity index (χ0n) is 11.5. The Bertz CT molecular complexity index is 683. The highest BCUT2D eigenvalue weighted by Gasteiger charge is 2.24. The number of ether oxygens (including phenoxy) is 1. The van der Waals surface area contributed by atoms with E-state index < -0.39 is 22.1 Å². The van der Waals surface area contributed by atoms with Gasteiger partial charge in [-0.2, -0.15) is 5.26 Å². The van der Waals surface area contributed by atoms with E-state index in [9.17, 15) is 13.2 Å². The second-order valence-electron chi connectivity index (χ2n) is 3.92. The molecule has 0 aliphatic carbocycles. The molecule has 0 saturated carbocycles. The van der Waals surface area contributed by atoms with Crippen molar-refractivity contribution in [2.24, 2.45) is 0 Å². The molecule has 0 spiro atoms. The third-order valence-corrected chi connectivity index (χ3v) is 4.88. The number of esters is 1. The van der Waals surface area contributed by atoms with Crippen LogP contribution in [0.3, 0.4) is 0 Å². The van der Waals surface area contributed by atoms with Gasteiger partial charge < -0.3 is 4.74 Å². The second-order valence-corrected chi connectivity index (χ2v) is 6.71.